The van der Waals surface area contributed by atoms with Gasteiger partial charge in [-0.2, -0.15) is 9.97 Å². The first kappa shape index (κ1) is 12.5. The number of benzene rings is 1. The molecule has 0 bridgehead atoms. The average Bonchev–Trinajstić information content (AvgIpc) is 2.38. The maximum Gasteiger partial charge on any atom is 0.330 e. The summed E-state index contributed by atoms with van der Waals surface area (Å²) >= 11 is 0. The lowest BCUT2D eigenvalue weighted by Crippen LogP contribution is -2.02. The van der Waals surface area contributed by atoms with Gasteiger partial charge in [-0.25, -0.2) is 0 Å². The van der Waals surface area contributed by atoms with Crippen LogP contribution in [-0.2, 0) is 0 Å². The molecule has 98 valence electrons. The molecule has 0 radical (unpaired) electrons. The van der Waals surface area contributed by atoms with E-state index >= 15 is 0 Å². The van der Waals surface area contributed by atoms with Crippen LogP contribution >= 0.6 is 0 Å². The van der Waals surface area contributed by atoms with E-state index in [1.807, 2.05) is 0 Å². The minimum Gasteiger partial charge on any atom is -0.467 e. The molecule has 9 nitrogen and oxygen atoms in total. The molecule has 0 atom stereocenters. The summed E-state index contributed by atoms with van der Waals surface area (Å²) in [6.45, 7) is 0. The van der Waals surface area contributed by atoms with Gasteiger partial charge in [0, 0.05) is 12.1 Å². The highest BCUT2D eigenvalue weighted by Gasteiger charge is 2.09. The van der Waals surface area contributed by atoms with Gasteiger partial charge in [-0.05, 0) is 12.1 Å². The Kier molecular flexibility index (Phi) is 3.37. The zero-order chi connectivity index (χ0) is 13.8. The predicted molar refractivity (Wildman–Crippen MR) is 64.0 cm³/mol. The zero-order valence-electron chi connectivity index (χ0n) is 9.81. The van der Waals surface area contributed by atoms with Crippen molar-refractivity contribution in [1.82, 2.24) is 15.0 Å². The normalized spacial score (nSPS) is 9.95. The lowest BCUT2D eigenvalue weighted by atomic mass is 10.3. The molecule has 0 fully saturated rings. The topological polar surface area (TPSA) is 126 Å². The quantitative estimate of drug-likeness (QED) is 0.643. The first-order valence-electron chi connectivity index (χ1n) is 5.06. The molecule has 0 amide bonds. The van der Waals surface area contributed by atoms with Crippen LogP contribution in [0.25, 0.3) is 0 Å². The molecule has 1 heterocycles. The summed E-state index contributed by atoms with van der Waals surface area (Å²) < 4.78 is 10.1. The summed E-state index contributed by atoms with van der Waals surface area (Å²) in [5.41, 5.74) is 5.40. The van der Waals surface area contributed by atoms with Crippen molar-refractivity contribution >= 4 is 11.6 Å². The number of nitrogen functional groups attached to an aromatic ring is 1. The number of aromatic nitrogens is 3. The van der Waals surface area contributed by atoms with Crippen LogP contribution in [0, 0.1) is 10.1 Å². The van der Waals surface area contributed by atoms with Crippen LogP contribution in [0.5, 0.6) is 17.8 Å². The number of hydrogen-bond acceptors (Lipinski definition) is 8. The number of ether oxygens (including phenoxy) is 2. The van der Waals surface area contributed by atoms with Crippen molar-refractivity contribution in [3.63, 3.8) is 0 Å². The summed E-state index contributed by atoms with van der Waals surface area (Å²) in [5.74, 6) is 0.280. The van der Waals surface area contributed by atoms with Crippen LogP contribution in [0.4, 0.5) is 11.6 Å². The number of nitrogens with zero attached hydrogens (tertiary/aromatic N) is 4. The molecular formula is C10H9N5O4. The fourth-order valence-corrected chi connectivity index (χ4v) is 1.23. The third-order valence-corrected chi connectivity index (χ3v) is 2.05. The Balaban J connectivity index is 2.21. The van der Waals surface area contributed by atoms with Gasteiger partial charge < -0.3 is 15.2 Å². The lowest BCUT2D eigenvalue weighted by Gasteiger charge is -2.05. The Morgan fingerprint density at radius 3 is 2.37 bits per heavy atom. The molecule has 2 aromatic rings. The van der Waals surface area contributed by atoms with Gasteiger partial charge in [-0.15, -0.1) is 4.98 Å². The third-order valence-electron chi connectivity index (χ3n) is 2.05. The van der Waals surface area contributed by atoms with Crippen LogP contribution in [0.15, 0.2) is 24.3 Å². The first-order valence-corrected chi connectivity index (χ1v) is 5.06. The minimum absolute atomic E-state index is 0.0180. The monoisotopic (exact) mass is 263 g/mol. The molecule has 1 aromatic heterocycles. The van der Waals surface area contributed by atoms with Crippen molar-refractivity contribution in [2.75, 3.05) is 12.8 Å². The van der Waals surface area contributed by atoms with Crippen molar-refractivity contribution in [2.45, 2.75) is 0 Å². The molecule has 0 aliphatic heterocycles. The van der Waals surface area contributed by atoms with Gasteiger partial charge in [-0.1, -0.05) is 0 Å². The lowest BCUT2D eigenvalue weighted by molar-refractivity contribution is -0.384. The molecule has 19 heavy (non-hydrogen) atoms. The summed E-state index contributed by atoms with van der Waals surface area (Å²) in [7, 11) is 1.38. The molecule has 9 heteroatoms. The maximum absolute atomic E-state index is 10.5. The molecule has 0 aliphatic rings. The van der Waals surface area contributed by atoms with Gasteiger partial charge in [-0.3, -0.25) is 10.1 Å². The highest BCUT2D eigenvalue weighted by Crippen LogP contribution is 2.22. The van der Waals surface area contributed by atoms with Gasteiger partial charge in [0.05, 0.1) is 12.0 Å². The fraction of sp³-hybridized carbons (Fsp3) is 0.100. The minimum atomic E-state index is -0.506. The highest BCUT2D eigenvalue weighted by atomic mass is 16.6. The Hall–Kier alpha value is -2.97. The molecule has 0 aliphatic carbocycles. The summed E-state index contributed by atoms with van der Waals surface area (Å²) in [5, 5.41) is 10.5. The number of anilines is 1. The van der Waals surface area contributed by atoms with E-state index < -0.39 is 4.92 Å². The van der Waals surface area contributed by atoms with E-state index in [1.165, 1.54) is 31.4 Å². The number of hydrogen-bond donors (Lipinski definition) is 1. The van der Waals surface area contributed by atoms with Gasteiger partial charge in [0.2, 0.25) is 5.95 Å². The highest BCUT2D eigenvalue weighted by molar-refractivity contribution is 5.37. The van der Waals surface area contributed by atoms with E-state index in [-0.39, 0.29) is 23.7 Å². The summed E-state index contributed by atoms with van der Waals surface area (Å²) in [6, 6.07) is 5.41. The summed E-state index contributed by atoms with van der Waals surface area (Å²) in [4.78, 5) is 21.3. The Labute approximate surface area is 107 Å². The average molecular weight is 263 g/mol. The van der Waals surface area contributed by atoms with E-state index in [4.69, 9.17) is 15.2 Å². The standard InChI is InChI=1S/C10H9N5O4/c1-18-9-12-8(11)13-10(14-9)19-7-4-2-6(3-5-7)15(16)17/h2-5H,1H3,(H2,11,12,13,14). The molecule has 2 N–H and O–H groups in total. The number of non-ortho nitro benzene ring substituents is 1. The third kappa shape index (κ3) is 3.03. The molecular weight excluding hydrogens is 254 g/mol. The Bertz CT molecular complexity index is 601. The first-order chi connectivity index (χ1) is 9.08. The second kappa shape index (κ2) is 5.12. The molecule has 0 unspecified atom stereocenters. The van der Waals surface area contributed by atoms with Crippen LogP contribution in [0.2, 0.25) is 0 Å². The van der Waals surface area contributed by atoms with Gasteiger partial charge in [0.15, 0.2) is 0 Å². The fourth-order valence-electron chi connectivity index (χ4n) is 1.23. The van der Waals surface area contributed by atoms with Crippen LogP contribution in [0.1, 0.15) is 0 Å². The SMILES string of the molecule is COc1nc(N)nc(Oc2ccc([N+](=O)[O-])cc2)n1. The smallest absolute Gasteiger partial charge is 0.330 e. The molecule has 2 rings (SSSR count). The predicted octanol–water partition coefficient (Wildman–Crippen LogP) is 1.16. The number of nitrogens with two attached hydrogens (primary N) is 1. The van der Waals surface area contributed by atoms with Crippen LogP contribution in [0.3, 0.4) is 0 Å². The van der Waals surface area contributed by atoms with Crippen molar-refractivity contribution in [3.05, 3.63) is 34.4 Å². The molecule has 1 aromatic carbocycles. The zero-order valence-corrected chi connectivity index (χ0v) is 9.81. The van der Waals surface area contributed by atoms with E-state index in [1.54, 1.807) is 0 Å². The maximum atomic E-state index is 10.5. The van der Waals surface area contributed by atoms with Gasteiger partial charge >= 0.3 is 12.0 Å². The molecule has 0 saturated heterocycles. The number of nitro groups is 1. The largest absolute Gasteiger partial charge is 0.467 e. The number of rotatable bonds is 4. The van der Waals surface area contributed by atoms with Crippen LogP contribution in [-0.4, -0.2) is 27.0 Å². The number of nitro benzene ring substituents is 1. The second-order valence-electron chi connectivity index (χ2n) is 3.32. The van der Waals surface area contributed by atoms with Crippen molar-refractivity contribution in [1.29, 1.82) is 0 Å². The number of methoxy groups -OCH3 is 1. The Morgan fingerprint density at radius 1 is 1.16 bits per heavy atom. The van der Waals surface area contributed by atoms with E-state index in [0.29, 0.717) is 5.75 Å². The van der Waals surface area contributed by atoms with Crippen LogP contribution < -0.4 is 15.2 Å². The second-order valence-corrected chi connectivity index (χ2v) is 3.32. The van der Waals surface area contributed by atoms with E-state index in [0.717, 1.165) is 0 Å². The van der Waals surface area contributed by atoms with Gasteiger partial charge in [0.25, 0.3) is 5.69 Å². The molecule has 0 saturated carbocycles. The Morgan fingerprint density at radius 2 is 1.79 bits per heavy atom. The van der Waals surface area contributed by atoms with Crippen molar-refractivity contribution < 1.29 is 14.4 Å². The van der Waals surface area contributed by atoms with E-state index in [2.05, 4.69) is 15.0 Å². The summed E-state index contributed by atoms with van der Waals surface area (Å²) in [6.07, 6.45) is 0. The van der Waals surface area contributed by atoms with Crippen molar-refractivity contribution in [2.24, 2.45) is 0 Å². The molecule has 0 spiro atoms. The van der Waals surface area contributed by atoms with Gasteiger partial charge in [0.1, 0.15) is 5.75 Å². The van der Waals surface area contributed by atoms with E-state index in [9.17, 15) is 10.1 Å². The van der Waals surface area contributed by atoms with Crippen molar-refractivity contribution in [3.8, 4) is 17.8 Å².